The van der Waals surface area contributed by atoms with Gasteiger partial charge in [0, 0.05) is 12.1 Å². The molecule has 0 aromatic heterocycles. The Morgan fingerprint density at radius 3 is 2.56 bits per heavy atom. The van der Waals surface area contributed by atoms with E-state index in [-0.39, 0.29) is 12.0 Å². The van der Waals surface area contributed by atoms with Crippen molar-refractivity contribution in [3.63, 3.8) is 0 Å². The van der Waals surface area contributed by atoms with Crippen LogP contribution < -0.4 is 14.4 Å². The number of carbonyl (C=O) groups excluding carboxylic acids is 2. The summed E-state index contributed by atoms with van der Waals surface area (Å²) >= 11 is 0. The maximum atomic E-state index is 13.0. The highest BCUT2D eigenvalue weighted by Gasteiger charge is 2.50. The van der Waals surface area contributed by atoms with Crippen LogP contribution in [0.1, 0.15) is 35.7 Å². The van der Waals surface area contributed by atoms with E-state index in [0.717, 1.165) is 6.42 Å². The van der Waals surface area contributed by atoms with Crippen molar-refractivity contribution < 1.29 is 24.2 Å². The van der Waals surface area contributed by atoms with Gasteiger partial charge in [0.05, 0.1) is 31.9 Å². The average Bonchev–Trinajstić information content (AvgIpc) is 2.90. The van der Waals surface area contributed by atoms with Crippen molar-refractivity contribution in [2.45, 2.75) is 25.4 Å². The van der Waals surface area contributed by atoms with Gasteiger partial charge < -0.3 is 19.5 Å². The second kappa shape index (κ2) is 7.40. The maximum Gasteiger partial charge on any atom is 0.264 e. The largest absolute Gasteiger partial charge is 0.497 e. The fraction of sp³-hybridized carbons (Fsp3) is 0.333. The summed E-state index contributed by atoms with van der Waals surface area (Å²) < 4.78 is 10.4. The van der Waals surface area contributed by atoms with Gasteiger partial charge in [0.1, 0.15) is 11.5 Å². The monoisotopic (exact) mass is 369 g/mol. The SMILES string of the molecule is CCCN1C(=O)[C@](O)(CC(=O)c2cc(OC)ccc2OC)c2ccccc21. The van der Waals surface area contributed by atoms with E-state index in [4.69, 9.17) is 9.47 Å². The summed E-state index contributed by atoms with van der Waals surface area (Å²) in [5, 5.41) is 11.2. The van der Waals surface area contributed by atoms with Crippen LogP contribution in [0.5, 0.6) is 11.5 Å². The summed E-state index contributed by atoms with van der Waals surface area (Å²) in [7, 11) is 2.97. The third kappa shape index (κ3) is 3.17. The van der Waals surface area contributed by atoms with Crippen LogP contribution in [0.25, 0.3) is 0 Å². The fourth-order valence-electron chi connectivity index (χ4n) is 3.48. The van der Waals surface area contributed by atoms with E-state index < -0.39 is 17.3 Å². The Balaban J connectivity index is 2.00. The van der Waals surface area contributed by atoms with E-state index in [2.05, 4.69) is 0 Å². The van der Waals surface area contributed by atoms with Gasteiger partial charge in [-0.3, -0.25) is 9.59 Å². The summed E-state index contributed by atoms with van der Waals surface area (Å²) in [6.07, 6.45) is 0.375. The van der Waals surface area contributed by atoms with Crippen LogP contribution in [0.2, 0.25) is 0 Å². The van der Waals surface area contributed by atoms with Gasteiger partial charge in [0.25, 0.3) is 5.91 Å². The van der Waals surface area contributed by atoms with Gasteiger partial charge in [-0.1, -0.05) is 25.1 Å². The zero-order valence-electron chi connectivity index (χ0n) is 15.7. The first kappa shape index (κ1) is 18.9. The molecule has 1 amide bonds. The number of fused-ring (bicyclic) bond motifs is 1. The lowest BCUT2D eigenvalue weighted by atomic mass is 9.88. The van der Waals surface area contributed by atoms with E-state index in [1.54, 1.807) is 41.3 Å². The van der Waals surface area contributed by atoms with Crippen molar-refractivity contribution in [2.24, 2.45) is 0 Å². The molecule has 6 nitrogen and oxygen atoms in total. The number of benzene rings is 2. The van der Waals surface area contributed by atoms with Gasteiger partial charge in [-0.2, -0.15) is 0 Å². The van der Waals surface area contributed by atoms with Gasteiger partial charge in [0.15, 0.2) is 11.4 Å². The number of ether oxygens (including phenoxy) is 2. The number of rotatable bonds is 7. The normalized spacial score (nSPS) is 18.4. The molecule has 0 bridgehead atoms. The molecule has 1 atom stereocenters. The number of nitrogens with zero attached hydrogens (tertiary/aromatic N) is 1. The molecule has 1 aliphatic heterocycles. The van der Waals surface area contributed by atoms with Crippen molar-refractivity contribution in [1.82, 2.24) is 0 Å². The number of carbonyl (C=O) groups is 2. The molecule has 3 rings (SSSR count). The molecule has 142 valence electrons. The molecular weight excluding hydrogens is 346 g/mol. The zero-order valence-corrected chi connectivity index (χ0v) is 15.7. The number of hydrogen-bond donors (Lipinski definition) is 1. The Morgan fingerprint density at radius 1 is 1.15 bits per heavy atom. The van der Waals surface area contributed by atoms with Crippen LogP contribution in [0.4, 0.5) is 5.69 Å². The first-order chi connectivity index (χ1) is 13.0. The van der Waals surface area contributed by atoms with Crippen LogP contribution in [0, 0.1) is 0 Å². The summed E-state index contributed by atoms with van der Waals surface area (Å²) in [6, 6.07) is 11.9. The number of anilines is 1. The zero-order chi connectivity index (χ0) is 19.6. The molecule has 0 aliphatic carbocycles. The quantitative estimate of drug-likeness (QED) is 0.760. The van der Waals surface area contributed by atoms with Crippen LogP contribution >= 0.6 is 0 Å². The number of aliphatic hydroxyl groups is 1. The van der Waals surface area contributed by atoms with Crippen LogP contribution in [0.15, 0.2) is 42.5 Å². The molecule has 0 radical (unpaired) electrons. The Bertz CT molecular complexity index is 879. The molecule has 1 heterocycles. The van der Waals surface area contributed by atoms with E-state index in [0.29, 0.717) is 29.3 Å². The number of methoxy groups -OCH3 is 2. The van der Waals surface area contributed by atoms with Gasteiger partial charge in [-0.25, -0.2) is 0 Å². The summed E-state index contributed by atoms with van der Waals surface area (Å²) in [5.41, 5.74) is -0.517. The Kier molecular flexibility index (Phi) is 5.19. The van der Waals surface area contributed by atoms with E-state index in [1.165, 1.54) is 14.2 Å². The smallest absolute Gasteiger partial charge is 0.264 e. The molecule has 1 N–H and O–H groups in total. The summed E-state index contributed by atoms with van der Waals surface area (Å²) in [6.45, 7) is 2.44. The van der Waals surface area contributed by atoms with E-state index in [1.807, 2.05) is 13.0 Å². The molecule has 6 heteroatoms. The van der Waals surface area contributed by atoms with Crippen LogP contribution in [-0.2, 0) is 10.4 Å². The number of hydrogen-bond acceptors (Lipinski definition) is 5. The molecule has 2 aromatic carbocycles. The highest BCUT2D eigenvalue weighted by atomic mass is 16.5. The standard InChI is InChI=1S/C21H23NO5/c1-4-11-22-17-8-6-5-7-16(17)21(25,20(22)24)13-18(23)15-12-14(26-2)9-10-19(15)27-3/h5-10,12,25H,4,11,13H2,1-3H3/t21-/m0/s1. The van der Waals surface area contributed by atoms with Crippen molar-refractivity contribution in [1.29, 1.82) is 0 Å². The number of Topliss-reactive ketones (excluding diaryl/α,β-unsaturated/α-hetero) is 1. The Hall–Kier alpha value is -2.86. The van der Waals surface area contributed by atoms with Crippen LogP contribution in [-0.4, -0.2) is 37.6 Å². The summed E-state index contributed by atoms with van der Waals surface area (Å²) in [4.78, 5) is 27.5. The van der Waals surface area contributed by atoms with Crippen molar-refractivity contribution in [2.75, 3.05) is 25.7 Å². The third-order valence-corrected chi connectivity index (χ3v) is 4.81. The fourth-order valence-corrected chi connectivity index (χ4v) is 3.48. The minimum atomic E-state index is -1.89. The summed E-state index contributed by atoms with van der Waals surface area (Å²) in [5.74, 6) is 0.000887. The minimum absolute atomic E-state index is 0.268. The van der Waals surface area contributed by atoms with Crippen molar-refractivity contribution in [3.8, 4) is 11.5 Å². The number of amides is 1. The number of para-hydroxylation sites is 1. The molecule has 0 saturated carbocycles. The maximum absolute atomic E-state index is 13.0. The first-order valence-corrected chi connectivity index (χ1v) is 8.85. The van der Waals surface area contributed by atoms with Crippen molar-refractivity contribution in [3.05, 3.63) is 53.6 Å². The van der Waals surface area contributed by atoms with Gasteiger partial charge in [0.2, 0.25) is 0 Å². The average molecular weight is 369 g/mol. The minimum Gasteiger partial charge on any atom is -0.497 e. The van der Waals surface area contributed by atoms with Crippen LogP contribution in [0.3, 0.4) is 0 Å². The molecule has 0 unspecified atom stereocenters. The highest BCUT2D eigenvalue weighted by Crippen LogP contribution is 2.43. The predicted octanol–water partition coefficient (Wildman–Crippen LogP) is 2.92. The van der Waals surface area contributed by atoms with Crippen molar-refractivity contribution >= 4 is 17.4 Å². The van der Waals surface area contributed by atoms with Gasteiger partial charge >= 0.3 is 0 Å². The first-order valence-electron chi connectivity index (χ1n) is 8.85. The second-order valence-corrected chi connectivity index (χ2v) is 6.50. The van der Waals surface area contributed by atoms with E-state index >= 15 is 0 Å². The third-order valence-electron chi connectivity index (χ3n) is 4.81. The lowest BCUT2D eigenvalue weighted by Gasteiger charge is -2.23. The predicted molar refractivity (Wildman–Crippen MR) is 101 cm³/mol. The molecule has 1 aliphatic rings. The molecule has 0 spiro atoms. The molecular formula is C21H23NO5. The molecule has 2 aromatic rings. The Labute approximate surface area is 158 Å². The lowest BCUT2D eigenvalue weighted by molar-refractivity contribution is -0.135. The topological polar surface area (TPSA) is 76.1 Å². The highest BCUT2D eigenvalue weighted by molar-refractivity contribution is 6.11. The number of ketones is 1. The Morgan fingerprint density at radius 2 is 1.89 bits per heavy atom. The van der Waals surface area contributed by atoms with E-state index in [9.17, 15) is 14.7 Å². The molecule has 0 saturated heterocycles. The van der Waals surface area contributed by atoms with Gasteiger partial charge in [-0.05, 0) is 30.7 Å². The lowest BCUT2D eigenvalue weighted by Crippen LogP contribution is -2.42. The molecule has 27 heavy (non-hydrogen) atoms. The van der Waals surface area contributed by atoms with Gasteiger partial charge in [-0.15, -0.1) is 0 Å². The molecule has 0 fully saturated rings. The second-order valence-electron chi connectivity index (χ2n) is 6.50.